The van der Waals surface area contributed by atoms with Gasteiger partial charge in [0.05, 0.1) is 0 Å². The van der Waals surface area contributed by atoms with E-state index in [9.17, 15) is 0 Å². The highest BCUT2D eigenvalue weighted by molar-refractivity contribution is 5.58. The van der Waals surface area contributed by atoms with Gasteiger partial charge in [-0.3, -0.25) is 0 Å². The number of aryl methyl sites for hydroxylation is 1. The van der Waals surface area contributed by atoms with Crippen LogP contribution in [0.25, 0.3) is 0 Å². The van der Waals surface area contributed by atoms with Crippen LogP contribution in [0.5, 0.6) is 0 Å². The molecule has 3 N–H and O–H groups in total. The van der Waals surface area contributed by atoms with E-state index in [2.05, 4.69) is 27.2 Å². The van der Waals surface area contributed by atoms with Gasteiger partial charge in [0.15, 0.2) is 0 Å². The van der Waals surface area contributed by atoms with E-state index in [0.717, 1.165) is 42.0 Å². The minimum absolute atomic E-state index is 0.724. The Labute approximate surface area is 102 Å². The van der Waals surface area contributed by atoms with Crippen molar-refractivity contribution in [3.05, 3.63) is 11.4 Å². The zero-order valence-corrected chi connectivity index (χ0v) is 10.8. The molecular weight excluding hydrogens is 214 g/mol. The van der Waals surface area contributed by atoms with Gasteiger partial charge < -0.3 is 10.3 Å². The molecule has 1 aromatic rings. The lowest BCUT2D eigenvalue weighted by molar-refractivity contribution is 0.725. The molecule has 0 unspecified atom stereocenters. The van der Waals surface area contributed by atoms with E-state index in [0.29, 0.717) is 0 Å². The Morgan fingerprint density at radius 2 is 2.06 bits per heavy atom. The molecule has 0 aromatic carbocycles. The van der Waals surface area contributed by atoms with Crippen LogP contribution < -0.4 is 16.2 Å². The Hall–Kier alpha value is -1.36. The van der Waals surface area contributed by atoms with Crippen LogP contribution in [0, 0.1) is 19.8 Å². The molecule has 0 bridgehead atoms. The second kappa shape index (κ2) is 4.87. The van der Waals surface area contributed by atoms with Gasteiger partial charge in [0.25, 0.3) is 0 Å². The Kier molecular flexibility index (Phi) is 3.47. The lowest BCUT2D eigenvalue weighted by atomic mass is 10.2. The molecule has 0 aliphatic heterocycles. The fourth-order valence-corrected chi connectivity index (χ4v) is 2.04. The Morgan fingerprint density at radius 3 is 2.59 bits per heavy atom. The van der Waals surface area contributed by atoms with Gasteiger partial charge in [-0.05, 0) is 39.5 Å². The first-order chi connectivity index (χ1) is 8.15. The van der Waals surface area contributed by atoms with Gasteiger partial charge >= 0.3 is 0 Å². The van der Waals surface area contributed by atoms with Gasteiger partial charge in [-0.25, -0.2) is 15.8 Å². The summed E-state index contributed by atoms with van der Waals surface area (Å²) in [6, 6.07) is 0. The third kappa shape index (κ3) is 2.66. The molecule has 1 saturated carbocycles. The van der Waals surface area contributed by atoms with Crippen molar-refractivity contribution >= 4 is 11.6 Å². The molecule has 0 amide bonds. The molecule has 1 aromatic heterocycles. The molecule has 5 heteroatoms. The van der Waals surface area contributed by atoms with Crippen LogP contribution in [0.1, 0.15) is 31.2 Å². The molecule has 0 radical (unpaired) electrons. The number of nitrogen functional groups attached to an aromatic ring is 1. The second-order valence-electron chi connectivity index (χ2n) is 4.69. The van der Waals surface area contributed by atoms with Gasteiger partial charge in [-0.1, -0.05) is 0 Å². The highest BCUT2D eigenvalue weighted by Crippen LogP contribution is 2.32. The number of anilines is 2. The van der Waals surface area contributed by atoms with Crippen molar-refractivity contribution in [3.8, 4) is 0 Å². The summed E-state index contributed by atoms with van der Waals surface area (Å²) < 4.78 is 0. The highest BCUT2D eigenvalue weighted by atomic mass is 15.3. The number of hydrogen-bond acceptors (Lipinski definition) is 5. The summed E-state index contributed by atoms with van der Waals surface area (Å²) in [7, 11) is 0. The van der Waals surface area contributed by atoms with E-state index in [1.807, 2.05) is 13.8 Å². The van der Waals surface area contributed by atoms with Crippen molar-refractivity contribution < 1.29 is 0 Å². The first-order valence-corrected chi connectivity index (χ1v) is 6.22. The van der Waals surface area contributed by atoms with Crippen LogP contribution >= 0.6 is 0 Å². The molecule has 2 rings (SSSR count). The first kappa shape index (κ1) is 12.1. The predicted octanol–water partition coefficient (Wildman–Crippen LogP) is 1.62. The van der Waals surface area contributed by atoms with Gasteiger partial charge in [0.1, 0.15) is 17.5 Å². The van der Waals surface area contributed by atoms with E-state index in [1.165, 1.54) is 12.8 Å². The molecular formula is C12H21N5. The van der Waals surface area contributed by atoms with Gasteiger partial charge in [-0.2, -0.15) is 0 Å². The fourth-order valence-electron chi connectivity index (χ4n) is 2.04. The van der Waals surface area contributed by atoms with E-state index < -0.39 is 0 Å². The average Bonchev–Trinajstić information content (AvgIpc) is 3.12. The van der Waals surface area contributed by atoms with Crippen LogP contribution in [0.15, 0.2) is 0 Å². The predicted molar refractivity (Wildman–Crippen MR) is 69.9 cm³/mol. The van der Waals surface area contributed by atoms with Crippen molar-refractivity contribution in [2.75, 3.05) is 23.4 Å². The van der Waals surface area contributed by atoms with Crippen LogP contribution in [0.3, 0.4) is 0 Å². The topological polar surface area (TPSA) is 67.1 Å². The summed E-state index contributed by atoms with van der Waals surface area (Å²) in [5.41, 5.74) is 3.67. The summed E-state index contributed by atoms with van der Waals surface area (Å²) in [6.07, 6.45) is 2.70. The largest absolute Gasteiger partial charge is 0.356 e. The van der Waals surface area contributed by atoms with E-state index in [-0.39, 0.29) is 0 Å². The maximum atomic E-state index is 5.48. The fraction of sp³-hybridized carbons (Fsp3) is 0.667. The Bertz CT molecular complexity index is 400. The summed E-state index contributed by atoms with van der Waals surface area (Å²) in [4.78, 5) is 11.2. The van der Waals surface area contributed by atoms with Gasteiger partial charge in [0.2, 0.25) is 0 Å². The number of aromatic nitrogens is 2. The molecule has 17 heavy (non-hydrogen) atoms. The highest BCUT2D eigenvalue weighted by Gasteiger charge is 2.25. The van der Waals surface area contributed by atoms with Crippen LogP contribution in [-0.2, 0) is 0 Å². The standard InChI is InChI=1S/C12H21N5/c1-4-17(7-10-5-6-10)12-8(2)11(16-13)14-9(3)15-12/h10H,4-7,13H2,1-3H3,(H,14,15,16). The first-order valence-electron chi connectivity index (χ1n) is 6.22. The molecule has 1 heterocycles. The maximum absolute atomic E-state index is 5.48. The Balaban J connectivity index is 2.30. The normalized spacial score (nSPS) is 14.8. The van der Waals surface area contributed by atoms with Crippen LogP contribution in [0.2, 0.25) is 0 Å². The smallest absolute Gasteiger partial charge is 0.148 e. The zero-order chi connectivity index (χ0) is 12.4. The number of hydrogen-bond donors (Lipinski definition) is 2. The molecule has 1 aliphatic carbocycles. The van der Waals surface area contributed by atoms with Gasteiger partial charge in [-0.15, -0.1) is 0 Å². The molecule has 0 atom stereocenters. The summed E-state index contributed by atoms with van der Waals surface area (Å²) in [6.45, 7) is 8.14. The number of nitrogens with two attached hydrogens (primary N) is 1. The monoisotopic (exact) mass is 235 g/mol. The lowest BCUT2D eigenvalue weighted by Gasteiger charge is -2.24. The third-order valence-electron chi connectivity index (χ3n) is 3.23. The number of nitrogens with zero attached hydrogens (tertiary/aromatic N) is 3. The Morgan fingerprint density at radius 1 is 1.35 bits per heavy atom. The van der Waals surface area contributed by atoms with Crippen molar-refractivity contribution in [2.45, 2.75) is 33.6 Å². The van der Waals surface area contributed by atoms with Crippen molar-refractivity contribution in [1.82, 2.24) is 9.97 Å². The molecule has 0 saturated heterocycles. The number of nitrogens with one attached hydrogen (secondary N) is 1. The van der Waals surface area contributed by atoms with Crippen molar-refractivity contribution in [3.63, 3.8) is 0 Å². The minimum atomic E-state index is 0.724. The van der Waals surface area contributed by atoms with E-state index in [4.69, 9.17) is 5.84 Å². The summed E-state index contributed by atoms with van der Waals surface area (Å²) in [5, 5.41) is 0. The maximum Gasteiger partial charge on any atom is 0.148 e. The molecule has 94 valence electrons. The molecule has 0 spiro atoms. The van der Waals surface area contributed by atoms with Crippen LogP contribution in [-0.4, -0.2) is 23.1 Å². The second-order valence-corrected chi connectivity index (χ2v) is 4.69. The molecule has 1 aliphatic rings. The summed E-state index contributed by atoms with van der Waals surface area (Å²) >= 11 is 0. The minimum Gasteiger partial charge on any atom is -0.356 e. The number of rotatable bonds is 5. The molecule has 5 nitrogen and oxygen atoms in total. The number of hydrazine groups is 1. The van der Waals surface area contributed by atoms with E-state index in [1.54, 1.807) is 0 Å². The van der Waals surface area contributed by atoms with Gasteiger partial charge in [0, 0.05) is 18.7 Å². The van der Waals surface area contributed by atoms with E-state index >= 15 is 0 Å². The lowest BCUT2D eigenvalue weighted by Crippen LogP contribution is -2.28. The zero-order valence-electron chi connectivity index (χ0n) is 10.8. The molecule has 1 fully saturated rings. The average molecular weight is 235 g/mol. The van der Waals surface area contributed by atoms with Crippen LogP contribution in [0.4, 0.5) is 11.6 Å². The summed E-state index contributed by atoms with van der Waals surface area (Å²) in [5.74, 6) is 8.83. The van der Waals surface area contributed by atoms with Crippen molar-refractivity contribution in [2.24, 2.45) is 11.8 Å². The van der Waals surface area contributed by atoms with Crippen molar-refractivity contribution in [1.29, 1.82) is 0 Å². The third-order valence-corrected chi connectivity index (χ3v) is 3.23. The quantitative estimate of drug-likeness (QED) is 0.599. The SMILES string of the molecule is CCN(CC1CC1)c1nc(C)nc(NN)c1C.